The van der Waals surface area contributed by atoms with Gasteiger partial charge in [-0.25, -0.2) is 0 Å². The van der Waals surface area contributed by atoms with Crippen molar-refractivity contribution in [2.75, 3.05) is 0 Å². The largest absolute Gasteiger partial charge is 0.253 e. The molecule has 0 amide bonds. The zero-order valence-corrected chi connectivity index (χ0v) is 9.49. The summed E-state index contributed by atoms with van der Waals surface area (Å²) in [4.78, 5) is 8.57. The highest BCUT2D eigenvalue weighted by Crippen LogP contribution is 2.22. The summed E-state index contributed by atoms with van der Waals surface area (Å²) >= 11 is 0. The molecule has 1 aromatic heterocycles. The molecule has 0 unspecified atom stereocenters. The minimum absolute atomic E-state index is 0.315. The van der Waals surface area contributed by atoms with Gasteiger partial charge in [-0.3, -0.25) is 9.97 Å². The predicted octanol–water partition coefficient (Wildman–Crippen LogP) is 3.22. The maximum atomic E-state index is 4.31. The molecule has 78 valence electrons. The summed E-state index contributed by atoms with van der Waals surface area (Å²) in [5.74, 6) is 0. The summed E-state index contributed by atoms with van der Waals surface area (Å²) in [5, 5.41) is 0. The summed E-state index contributed by atoms with van der Waals surface area (Å²) in [6.07, 6.45) is 4.54. The van der Waals surface area contributed by atoms with E-state index in [1.165, 1.54) is 5.56 Å². The predicted molar refractivity (Wildman–Crippen MR) is 62.7 cm³/mol. The Bertz CT molecular complexity index is 469. The highest BCUT2D eigenvalue weighted by molar-refractivity contribution is 5.74. The normalized spacial score (nSPS) is 11.9. The van der Waals surface area contributed by atoms with Crippen molar-refractivity contribution in [2.24, 2.45) is 5.41 Å². The van der Waals surface area contributed by atoms with E-state index in [2.05, 4.69) is 42.9 Å². The van der Waals surface area contributed by atoms with E-state index in [1.807, 2.05) is 6.07 Å². The summed E-state index contributed by atoms with van der Waals surface area (Å²) in [5.41, 5.74) is 3.60. The molecule has 0 radical (unpaired) electrons. The van der Waals surface area contributed by atoms with Gasteiger partial charge in [0.05, 0.1) is 11.0 Å². The first-order chi connectivity index (χ1) is 7.04. The minimum Gasteiger partial charge on any atom is -0.253 e. The van der Waals surface area contributed by atoms with Crippen LogP contribution in [0.4, 0.5) is 0 Å². The molecule has 0 fully saturated rings. The molecule has 15 heavy (non-hydrogen) atoms. The first kappa shape index (κ1) is 10.1. The van der Waals surface area contributed by atoms with Crippen molar-refractivity contribution in [2.45, 2.75) is 27.2 Å². The lowest BCUT2D eigenvalue weighted by molar-refractivity contribution is 0.411. The molecule has 0 spiro atoms. The zero-order chi connectivity index (χ0) is 10.9. The maximum absolute atomic E-state index is 4.31. The fourth-order valence-electron chi connectivity index (χ4n) is 1.73. The third kappa shape index (κ3) is 2.52. The first-order valence-corrected chi connectivity index (χ1v) is 5.24. The van der Waals surface area contributed by atoms with E-state index in [4.69, 9.17) is 0 Å². The SMILES string of the molecule is CC(C)(C)Cc1ccc2nccnc2c1. The van der Waals surface area contributed by atoms with Crippen LogP contribution in [0.25, 0.3) is 11.0 Å². The Labute approximate surface area is 90.4 Å². The zero-order valence-electron chi connectivity index (χ0n) is 9.49. The van der Waals surface area contributed by atoms with E-state index in [0.29, 0.717) is 5.41 Å². The van der Waals surface area contributed by atoms with Gasteiger partial charge in [0.15, 0.2) is 0 Å². The Morgan fingerprint density at radius 1 is 1.00 bits per heavy atom. The molecule has 0 saturated carbocycles. The fourth-order valence-corrected chi connectivity index (χ4v) is 1.73. The van der Waals surface area contributed by atoms with E-state index in [0.717, 1.165) is 17.5 Å². The maximum Gasteiger partial charge on any atom is 0.0889 e. The Morgan fingerprint density at radius 2 is 1.67 bits per heavy atom. The molecule has 1 aromatic carbocycles. The minimum atomic E-state index is 0.315. The molecule has 0 N–H and O–H groups in total. The summed E-state index contributed by atoms with van der Waals surface area (Å²) in [6, 6.07) is 6.32. The third-order valence-corrected chi connectivity index (χ3v) is 2.27. The number of fused-ring (bicyclic) bond motifs is 1. The lowest BCUT2D eigenvalue weighted by atomic mass is 9.88. The molecule has 0 aliphatic heterocycles. The summed E-state index contributed by atoms with van der Waals surface area (Å²) in [6.45, 7) is 6.73. The Balaban J connectivity index is 2.39. The van der Waals surface area contributed by atoms with Crippen molar-refractivity contribution in [1.82, 2.24) is 9.97 Å². The van der Waals surface area contributed by atoms with Gasteiger partial charge in [-0.05, 0) is 29.5 Å². The number of benzene rings is 1. The summed E-state index contributed by atoms with van der Waals surface area (Å²) < 4.78 is 0. The number of hydrogen-bond donors (Lipinski definition) is 0. The van der Waals surface area contributed by atoms with Crippen molar-refractivity contribution < 1.29 is 0 Å². The monoisotopic (exact) mass is 200 g/mol. The lowest BCUT2D eigenvalue weighted by Gasteiger charge is -2.18. The number of nitrogens with zero attached hydrogens (tertiary/aromatic N) is 2. The standard InChI is InChI=1S/C13H16N2/c1-13(2,3)9-10-4-5-11-12(8-10)15-7-6-14-11/h4-8H,9H2,1-3H3. The molecule has 0 saturated heterocycles. The number of hydrogen-bond acceptors (Lipinski definition) is 2. The van der Waals surface area contributed by atoms with Crippen LogP contribution >= 0.6 is 0 Å². The second-order valence-corrected chi connectivity index (χ2v) is 5.12. The first-order valence-electron chi connectivity index (χ1n) is 5.24. The van der Waals surface area contributed by atoms with Gasteiger partial charge >= 0.3 is 0 Å². The molecule has 2 nitrogen and oxygen atoms in total. The van der Waals surface area contributed by atoms with Gasteiger partial charge < -0.3 is 0 Å². The van der Waals surface area contributed by atoms with Gasteiger partial charge in [-0.1, -0.05) is 26.8 Å². The van der Waals surface area contributed by atoms with Crippen LogP contribution in [0.1, 0.15) is 26.3 Å². The Kier molecular flexibility index (Phi) is 2.43. The van der Waals surface area contributed by atoms with Crippen molar-refractivity contribution in [1.29, 1.82) is 0 Å². The van der Waals surface area contributed by atoms with Gasteiger partial charge in [-0.2, -0.15) is 0 Å². The van der Waals surface area contributed by atoms with E-state index in [1.54, 1.807) is 12.4 Å². The highest BCUT2D eigenvalue weighted by Gasteiger charge is 2.11. The van der Waals surface area contributed by atoms with Crippen molar-refractivity contribution in [3.8, 4) is 0 Å². The van der Waals surface area contributed by atoms with Crippen LogP contribution < -0.4 is 0 Å². The number of rotatable bonds is 1. The van der Waals surface area contributed by atoms with Gasteiger partial charge in [0.2, 0.25) is 0 Å². The van der Waals surface area contributed by atoms with Crippen LogP contribution in [0.2, 0.25) is 0 Å². The van der Waals surface area contributed by atoms with Gasteiger partial charge in [0.25, 0.3) is 0 Å². The topological polar surface area (TPSA) is 25.8 Å². The molecule has 1 heterocycles. The van der Waals surface area contributed by atoms with E-state index in [-0.39, 0.29) is 0 Å². The molecule has 2 heteroatoms. The van der Waals surface area contributed by atoms with Gasteiger partial charge in [-0.15, -0.1) is 0 Å². The van der Waals surface area contributed by atoms with Crippen LogP contribution in [-0.4, -0.2) is 9.97 Å². The van der Waals surface area contributed by atoms with E-state index in [9.17, 15) is 0 Å². The van der Waals surface area contributed by atoms with Gasteiger partial charge in [0, 0.05) is 12.4 Å². The van der Waals surface area contributed by atoms with Crippen LogP contribution in [-0.2, 0) is 6.42 Å². The molecule has 2 rings (SSSR count). The van der Waals surface area contributed by atoms with Crippen LogP contribution in [0.3, 0.4) is 0 Å². The molecule has 0 aliphatic rings. The van der Waals surface area contributed by atoms with Gasteiger partial charge in [0.1, 0.15) is 0 Å². The smallest absolute Gasteiger partial charge is 0.0889 e. The Hall–Kier alpha value is -1.44. The lowest BCUT2D eigenvalue weighted by Crippen LogP contribution is -2.09. The second kappa shape index (κ2) is 3.61. The third-order valence-electron chi connectivity index (χ3n) is 2.27. The van der Waals surface area contributed by atoms with Crippen LogP contribution in [0, 0.1) is 5.41 Å². The van der Waals surface area contributed by atoms with Crippen LogP contribution in [0.5, 0.6) is 0 Å². The van der Waals surface area contributed by atoms with Crippen molar-refractivity contribution >= 4 is 11.0 Å². The van der Waals surface area contributed by atoms with Crippen LogP contribution in [0.15, 0.2) is 30.6 Å². The Morgan fingerprint density at radius 3 is 2.33 bits per heavy atom. The molecule has 0 bridgehead atoms. The average molecular weight is 200 g/mol. The second-order valence-electron chi connectivity index (χ2n) is 5.12. The fraction of sp³-hybridized carbons (Fsp3) is 0.385. The molecular formula is C13H16N2. The van der Waals surface area contributed by atoms with Crippen molar-refractivity contribution in [3.63, 3.8) is 0 Å². The van der Waals surface area contributed by atoms with E-state index >= 15 is 0 Å². The summed E-state index contributed by atoms with van der Waals surface area (Å²) in [7, 11) is 0. The molecule has 0 aliphatic carbocycles. The number of aromatic nitrogens is 2. The molecule has 0 atom stereocenters. The van der Waals surface area contributed by atoms with E-state index < -0.39 is 0 Å². The molecule has 2 aromatic rings. The molecular weight excluding hydrogens is 184 g/mol. The highest BCUT2D eigenvalue weighted by atomic mass is 14.8. The van der Waals surface area contributed by atoms with Crippen molar-refractivity contribution in [3.05, 3.63) is 36.2 Å². The average Bonchev–Trinajstić information content (AvgIpc) is 2.15. The quantitative estimate of drug-likeness (QED) is 0.706.